The van der Waals surface area contributed by atoms with Crippen LogP contribution in [0.25, 0.3) is 11.0 Å². The molecule has 2 atom stereocenters. The smallest absolute Gasteiger partial charge is 0.135 e. The molecule has 2 aromatic heterocycles. The third kappa shape index (κ3) is 6.70. The van der Waals surface area contributed by atoms with Crippen LogP contribution in [0.2, 0.25) is 0 Å². The highest BCUT2D eigenvalue weighted by Crippen LogP contribution is 2.38. The summed E-state index contributed by atoms with van der Waals surface area (Å²) < 4.78 is 0. The van der Waals surface area contributed by atoms with E-state index in [1.54, 1.807) is 6.33 Å². The molecular weight excluding hydrogens is 380 g/mol. The molecule has 4 nitrogen and oxygen atoms in total. The van der Waals surface area contributed by atoms with Crippen LogP contribution in [0, 0.1) is 0 Å². The van der Waals surface area contributed by atoms with Crippen molar-refractivity contribution in [3.8, 4) is 0 Å². The van der Waals surface area contributed by atoms with Gasteiger partial charge in [-0.3, -0.25) is 0 Å². The average Bonchev–Trinajstić information content (AvgIpc) is 2.78. The van der Waals surface area contributed by atoms with Crippen molar-refractivity contribution in [1.82, 2.24) is 19.9 Å². The van der Waals surface area contributed by atoms with Crippen molar-refractivity contribution in [2.45, 2.75) is 136 Å². The van der Waals surface area contributed by atoms with Gasteiger partial charge in [-0.05, 0) is 25.7 Å². The van der Waals surface area contributed by atoms with Gasteiger partial charge in [-0.1, -0.05) is 99.3 Å². The lowest BCUT2D eigenvalue weighted by Crippen LogP contribution is -2.27. The minimum Gasteiger partial charge on any atom is -0.239 e. The third-order valence-corrected chi connectivity index (χ3v) is 7.04. The standard InChI is InChI=1S/C27H46N4/c1-7-11-14-15-19-26(5,17-12-8-2)24-23-22(29-21-30-24)20-28-25(31-23)27(6,16-10-4)18-13-9-3/h20-21H,7-19H2,1-6H3. The molecule has 0 spiro atoms. The molecule has 0 aromatic carbocycles. The monoisotopic (exact) mass is 426 g/mol. The molecule has 2 rings (SSSR count). The highest BCUT2D eigenvalue weighted by Gasteiger charge is 2.33. The Bertz CT molecular complexity index is 790. The summed E-state index contributed by atoms with van der Waals surface area (Å²) in [5.41, 5.74) is 3.08. The van der Waals surface area contributed by atoms with E-state index in [-0.39, 0.29) is 10.8 Å². The Hall–Kier alpha value is -1.58. The molecule has 31 heavy (non-hydrogen) atoms. The Morgan fingerprint density at radius 1 is 0.645 bits per heavy atom. The van der Waals surface area contributed by atoms with E-state index in [2.05, 4.69) is 46.5 Å². The molecule has 0 saturated heterocycles. The lowest BCUT2D eigenvalue weighted by Gasteiger charge is -2.31. The molecule has 0 aliphatic carbocycles. The van der Waals surface area contributed by atoms with Crippen LogP contribution in [-0.4, -0.2) is 19.9 Å². The molecule has 0 aliphatic rings. The lowest BCUT2D eigenvalue weighted by molar-refractivity contribution is 0.357. The van der Waals surface area contributed by atoms with Crippen LogP contribution in [-0.2, 0) is 10.8 Å². The first-order valence-electron chi connectivity index (χ1n) is 12.9. The van der Waals surface area contributed by atoms with Crippen LogP contribution in [0.3, 0.4) is 0 Å². The van der Waals surface area contributed by atoms with Crippen LogP contribution in [0.15, 0.2) is 12.5 Å². The van der Waals surface area contributed by atoms with Crippen LogP contribution < -0.4 is 0 Å². The topological polar surface area (TPSA) is 51.6 Å². The van der Waals surface area contributed by atoms with Gasteiger partial charge in [0, 0.05) is 10.8 Å². The second-order valence-corrected chi connectivity index (χ2v) is 10.0. The molecule has 0 radical (unpaired) electrons. The molecule has 0 aliphatic heterocycles. The Morgan fingerprint density at radius 2 is 1.29 bits per heavy atom. The summed E-state index contributed by atoms with van der Waals surface area (Å²) in [6.45, 7) is 13.8. The van der Waals surface area contributed by atoms with E-state index in [9.17, 15) is 0 Å². The Labute approximate surface area is 191 Å². The summed E-state index contributed by atoms with van der Waals surface area (Å²) in [5.74, 6) is 0.982. The van der Waals surface area contributed by atoms with Crippen molar-refractivity contribution in [3.05, 3.63) is 24.0 Å². The Morgan fingerprint density at radius 3 is 1.94 bits per heavy atom. The SMILES string of the molecule is CCCCCCC(C)(CCCC)c1ncnc2cnc(C(C)(CCC)CCCC)nc12. The van der Waals surface area contributed by atoms with Crippen LogP contribution in [0.4, 0.5) is 0 Å². The fourth-order valence-corrected chi connectivity index (χ4v) is 4.92. The van der Waals surface area contributed by atoms with Crippen LogP contribution in [0.1, 0.15) is 137 Å². The summed E-state index contributed by atoms with van der Waals surface area (Å²) in [4.78, 5) is 19.4. The molecule has 0 saturated carbocycles. The fourth-order valence-electron chi connectivity index (χ4n) is 4.92. The number of hydrogen-bond acceptors (Lipinski definition) is 4. The molecule has 174 valence electrons. The zero-order valence-corrected chi connectivity index (χ0v) is 21.1. The summed E-state index contributed by atoms with van der Waals surface area (Å²) in [6, 6.07) is 0. The Balaban J connectivity index is 2.50. The summed E-state index contributed by atoms with van der Waals surface area (Å²) in [5, 5.41) is 0. The van der Waals surface area contributed by atoms with E-state index in [4.69, 9.17) is 15.0 Å². The minimum absolute atomic E-state index is 0.0208. The molecule has 2 heterocycles. The van der Waals surface area contributed by atoms with Gasteiger partial charge in [0.05, 0.1) is 11.9 Å². The van der Waals surface area contributed by atoms with Crippen LogP contribution >= 0.6 is 0 Å². The summed E-state index contributed by atoms with van der Waals surface area (Å²) >= 11 is 0. The van der Waals surface area contributed by atoms with Crippen molar-refractivity contribution in [2.75, 3.05) is 0 Å². The average molecular weight is 427 g/mol. The van der Waals surface area contributed by atoms with Gasteiger partial charge >= 0.3 is 0 Å². The Kier molecular flexibility index (Phi) is 10.3. The van der Waals surface area contributed by atoms with Crippen LogP contribution in [0.5, 0.6) is 0 Å². The van der Waals surface area contributed by atoms with E-state index in [1.807, 2.05) is 6.20 Å². The fraction of sp³-hybridized carbons (Fsp3) is 0.778. The molecule has 0 N–H and O–H groups in total. The lowest BCUT2D eigenvalue weighted by atomic mass is 9.76. The summed E-state index contributed by atoms with van der Waals surface area (Å²) in [7, 11) is 0. The van der Waals surface area contributed by atoms with Crippen molar-refractivity contribution >= 4 is 11.0 Å². The number of unbranched alkanes of at least 4 members (excludes halogenated alkanes) is 5. The van der Waals surface area contributed by atoms with Gasteiger partial charge in [0.15, 0.2) is 0 Å². The molecule has 0 bridgehead atoms. The number of rotatable bonds is 15. The molecule has 4 heteroatoms. The van der Waals surface area contributed by atoms with Crippen molar-refractivity contribution in [3.63, 3.8) is 0 Å². The van der Waals surface area contributed by atoms with Crippen molar-refractivity contribution in [1.29, 1.82) is 0 Å². The molecule has 2 unspecified atom stereocenters. The maximum atomic E-state index is 5.20. The first-order chi connectivity index (χ1) is 14.9. The third-order valence-electron chi connectivity index (χ3n) is 7.04. The quantitative estimate of drug-likeness (QED) is 0.270. The maximum Gasteiger partial charge on any atom is 0.135 e. The second kappa shape index (κ2) is 12.5. The molecule has 0 fully saturated rings. The normalized spacial score (nSPS) is 15.7. The van der Waals surface area contributed by atoms with Gasteiger partial charge in [0.2, 0.25) is 0 Å². The zero-order valence-electron chi connectivity index (χ0n) is 21.1. The molecule has 0 amide bonds. The highest BCUT2D eigenvalue weighted by molar-refractivity contribution is 5.76. The largest absolute Gasteiger partial charge is 0.239 e. The van der Waals surface area contributed by atoms with Gasteiger partial charge in [-0.25, -0.2) is 19.9 Å². The second-order valence-electron chi connectivity index (χ2n) is 10.0. The van der Waals surface area contributed by atoms with Crippen molar-refractivity contribution in [2.24, 2.45) is 0 Å². The maximum absolute atomic E-state index is 5.20. The van der Waals surface area contributed by atoms with Crippen molar-refractivity contribution < 1.29 is 0 Å². The molecule has 2 aromatic rings. The van der Waals surface area contributed by atoms with Gasteiger partial charge in [-0.15, -0.1) is 0 Å². The zero-order chi connectivity index (χ0) is 22.7. The van der Waals surface area contributed by atoms with E-state index < -0.39 is 0 Å². The minimum atomic E-state index is 0.0208. The van der Waals surface area contributed by atoms with Gasteiger partial charge < -0.3 is 0 Å². The number of fused-ring (bicyclic) bond motifs is 1. The van der Waals surface area contributed by atoms with E-state index in [0.717, 1.165) is 48.2 Å². The summed E-state index contributed by atoms with van der Waals surface area (Å²) in [6.07, 6.45) is 19.4. The first kappa shape index (κ1) is 25.7. The number of hydrogen-bond donors (Lipinski definition) is 0. The number of aromatic nitrogens is 4. The molecular formula is C27H46N4. The van der Waals surface area contributed by atoms with Gasteiger partial charge in [0.25, 0.3) is 0 Å². The predicted octanol–water partition coefficient (Wildman–Crippen LogP) is 8.09. The van der Waals surface area contributed by atoms with Gasteiger partial charge in [0.1, 0.15) is 23.2 Å². The van der Waals surface area contributed by atoms with E-state index in [0.29, 0.717) is 0 Å². The van der Waals surface area contributed by atoms with Gasteiger partial charge in [-0.2, -0.15) is 0 Å². The van der Waals surface area contributed by atoms with E-state index in [1.165, 1.54) is 57.8 Å². The number of nitrogens with zero attached hydrogens (tertiary/aromatic N) is 4. The highest BCUT2D eigenvalue weighted by atomic mass is 15.0. The first-order valence-corrected chi connectivity index (χ1v) is 12.9. The van der Waals surface area contributed by atoms with E-state index >= 15 is 0 Å². The predicted molar refractivity (Wildman–Crippen MR) is 133 cm³/mol.